The molecule has 0 N–H and O–H groups in total. The van der Waals surface area contributed by atoms with Gasteiger partial charge in [0.2, 0.25) is 0 Å². The third kappa shape index (κ3) is 2.63. The fourth-order valence-electron chi connectivity index (χ4n) is 1.47. The number of methoxy groups -OCH3 is 1. The first-order chi connectivity index (χ1) is 8.20. The molecule has 0 bridgehead atoms. The second kappa shape index (κ2) is 4.97. The Kier molecular flexibility index (Phi) is 3.40. The van der Waals surface area contributed by atoms with Gasteiger partial charge in [0, 0.05) is 17.3 Å². The molecule has 4 heteroatoms. The Morgan fingerprint density at radius 3 is 2.71 bits per heavy atom. The number of nitrogens with zero attached hydrogens (tertiary/aromatic N) is 1. The summed E-state index contributed by atoms with van der Waals surface area (Å²) < 4.78 is 5.07. The number of halogens is 1. The zero-order valence-electron chi connectivity index (χ0n) is 9.18. The van der Waals surface area contributed by atoms with E-state index in [2.05, 4.69) is 4.98 Å². The molecule has 1 aromatic heterocycles. The van der Waals surface area contributed by atoms with Crippen molar-refractivity contribution in [2.24, 2.45) is 0 Å². The third-order valence-electron chi connectivity index (χ3n) is 2.32. The van der Waals surface area contributed by atoms with Crippen LogP contribution in [-0.2, 0) is 0 Å². The van der Waals surface area contributed by atoms with Gasteiger partial charge in [-0.1, -0.05) is 23.7 Å². The molecule has 0 fully saturated rings. The van der Waals surface area contributed by atoms with E-state index in [9.17, 15) is 4.79 Å². The van der Waals surface area contributed by atoms with Crippen molar-refractivity contribution < 1.29 is 9.53 Å². The average molecular weight is 248 g/mol. The number of carbonyl (C=O) groups is 1. The first-order valence-electron chi connectivity index (χ1n) is 5.01. The largest absolute Gasteiger partial charge is 0.497 e. The fraction of sp³-hybridized carbons (Fsp3) is 0.0769. The lowest BCUT2D eigenvalue weighted by Crippen LogP contribution is -2.01. The number of rotatable bonds is 3. The first-order valence-corrected chi connectivity index (χ1v) is 5.39. The van der Waals surface area contributed by atoms with Crippen LogP contribution in [0, 0.1) is 0 Å². The van der Waals surface area contributed by atoms with Crippen molar-refractivity contribution in [1.29, 1.82) is 0 Å². The molecule has 3 nitrogen and oxygen atoms in total. The van der Waals surface area contributed by atoms with Crippen LogP contribution < -0.4 is 4.74 Å². The van der Waals surface area contributed by atoms with E-state index in [-0.39, 0.29) is 5.78 Å². The highest BCUT2D eigenvalue weighted by Crippen LogP contribution is 2.17. The monoisotopic (exact) mass is 247 g/mol. The molecule has 0 saturated carbocycles. The van der Waals surface area contributed by atoms with E-state index in [0.29, 0.717) is 22.0 Å². The summed E-state index contributed by atoms with van der Waals surface area (Å²) in [6.45, 7) is 0. The summed E-state index contributed by atoms with van der Waals surface area (Å²) in [6.07, 6.45) is 1.51. The van der Waals surface area contributed by atoms with Crippen molar-refractivity contribution in [3.63, 3.8) is 0 Å². The predicted octanol–water partition coefficient (Wildman–Crippen LogP) is 2.97. The normalized spacial score (nSPS) is 10.0. The van der Waals surface area contributed by atoms with E-state index in [1.54, 1.807) is 43.5 Å². The van der Waals surface area contributed by atoms with Gasteiger partial charge in [-0.05, 0) is 24.3 Å². The summed E-state index contributed by atoms with van der Waals surface area (Å²) in [5, 5.41) is 0.304. The van der Waals surface area contributed by atoms with Gasteiger partial charge < -0.3 is 4.74 Å². The first kappa shape index (κ1) is 11.6. The number of carbonyl (C=O) groups excluding carboxylic acids is 1. The molecule has 0 spiro atoms. The maximum atomic E-state index is 12.1. The third-order valence-corrected chi connectivity index (χ3v) is 2.53. The molecule has 0 aliphatic carbocycles. The van der Waals surface area contributed by atoms with Gasteiger partial charge in [0.1, 0.15) is 10.9 Å². The minimum absolute atomic E-state index is 0.104. The minimum atomic E-state index is -0.104. The summed E-state index contributed by atoms with van der Waals surface area (Å²) in [6, 6.07) is 10.2. The molecule has 1 aromatic carbocycles. The molecule has 0 atom stereocenters. The van der Waals surface area contributed by atoms with Crippen molar-refractivity contribution in [2.75, 3.05) is 7.11 Å². The number of hydrogen-bond acceptors (Lipinski definition) is 3. The molecule has 0 aliphatic heterocycles. The molecular formula is C13H10ClNO2. The van der Waals surface area contributed by atoms with Gasteiger partial charge in [0.25, 0.3) is 0 Å². The van der Waals surface area contributed by atoms with E-state index in [4.69, 9.17) is 16.3 Å². The molecule has 1 heterocycles. The van der Waals surface area contributed by atoms with Gasteiger partial charge in [-0.2, -0.15) is 0 Å². The van der Waals surface area contributed by atoms with Crippen LogP contribution in [0.5, 0.6) is 5.75 Å². The van der Waals surface area contributed by atoms with Gasteiger partial charge in [-0.25, -0.2) is 4.98 Å². The summed E-state index contributed by atoms with van der Waals surface area (Å²) in [7, 11) is 1.56. The lowest BCUT2D eigenvalue weighted by molar-refractivity contribution is 0.103. The highest BCUT2D eigenvalue weighted by atomic mass is 35.5. The standard InChI is InChI=1S/C13H10ClNO2/c1-17-11-4-2-3-9(7-11)13(16)10-5-6-15-12(14)8-10/h2-8H,1H3. The Morgan fingerprint density at radius 2 is 2.00 bits per heavy atom. The Labute approximate surface area is 104 Å². The fourth-order valence-corrected chi connectivity index (χ4v) is 1.65. The van der Waals surface area contributed by atoms with Crippen LogP contribution >= 0.6 is 11.6 Å². The maximum absolute atomic E-state index is 12.1. The molecular weight excluding hydrogens is 238 g/mol. The van der Waals surface area contributed by atoms with Gasteiger partial charge >= 0.3 is 0 Å². The van der Waals surface area contributed by atoms with Crippen molar-refractivity contribution in [2.45, 2.75) is 0 Å². The summed E-state index contributed by atoms with van der Waals surface area (Å²) >= 11 is 5.75. The van der Waals surface area contributed by atoms with Crippen molar-refractivity contribution in [3.8, 4) is 5.75 Å². The number of benzene rings is 1. The smallest absolute Gasteiger partial charge is 0.193 e. The van der Waals surface area contributed by atoms with Crippen LogP contribution in [0.1, 0.15) is 15.9 Å². The highest BCUT2D eigenvalue weighted by molar-refractivity contribution is 6.30. The molecule has 0 unspecified atom stereocenters. The molecule has 86 valence electrons. The quantitative estimate of drug-likeness (QED) is 0.618. The predicted molar refractivity (Wildman–Crippen MR) is 65.7 cm³/mol. The second-order valence-electron chi connectivity index (χ2n) is 3.43. The van der Waals surface area contributed by atoms with E-state index in [1.165, 1.54) is 6.20 Å². The topological polar surface area (TPSA) is 39.2 Å². The van der Waals surface area contributed by atoms with Gasteiger partial charge in [0.05, 0.1) is 7.11 Å². The highest BCUT2D eigenvalue weighted by Gasteiger charge is 2.10. The molecule has 0 amide bonds. The molecule has 0 aliphatic rings. The minimum Gasteiger partial charge on any atom is -0.497 e. The number of hydrogen-bond donors (Lipinski definition) is 0. The number of ether oxygens (including phenoxy) is 1. The van der Waals surface area contributed by atoms with Crippen molar-refractivity contribution in [1.82, 2.24) is 4.98 Å². The van der Waals surface area contributed by atoms with Crippen LogP contribution in [0.25, 0.3) is 0 Å². The number of ketones is 1. The van der Waals surface area contributed by atoms with Gasteiger partial charge in [-0.15, -0.1) is 0 Å². The van der Waals surface area contributed by atoms with Gasteiger partial charge in [-0.3, -0.25) is 4.79 Å². The Bertz CT molecular complexity index is 555. The molecule has 2 rings (SSSR count). The van der Waals surface area contributed by atoms with E-state index >= 15 is 0 Å². The zero-order valence-corrected chi connectivity index (χ0v) is 9.94. The van der Waals surface area contributed by atoms with Crippen molar-refractivity contribution in [3.05, 3.63) is 58.9 Å². The zero-order chi connectivity index (χ0) is 12.3. The SMILES string of the molecule is COc1cccc(C(=O)c2ccnc(Cl)c2)c1. The van der Waals surface area contributed by atoms with Crippen LogP contribution in [0.15, 0.2) is 42.6 Å². The van der Waals surface area contributed by atoms with Crippen LogP contribution in [-0.4, -0.2) is 17.9 Å². The summed E-state index contributed by atoms with van der Waals surface area (Å²) in [5.41, 5.74) is 1.07. The Balaban J connectivity index is 2.36. The van der Waals surface area contributed by atoms with Crippen LogP contribution in [0.3, 0.4) is 0 Å². The number of pyridine rings is 1. The van der Waals surface area contributed by atoms with Gasteiger partial charge in [0.15, 0.2) is 5.78 Å². The van der Waals surface area contributed by atoms with Crippen LogP contribution in [0.2, 0.25) is 5.15 Å². The Morgan fingerprint density at radius 1 is 1.24 bits per heavy atom. The second-order valence-corrected chi connectivity index (χ2v) is 3.82. The maximum Gasteiger partial charge on any atom is 0.193 e. The summed E-state index contributed by atoms with van der Waals surface area (Å²) in [4.78, 5) is 16.0. The lowest BCUT2D eigenvalue weighted by atomic mass is 10.0. The van der Waals surface area contributed by atoms with E-state index in [1.807, 2.05) is 0 Å². The van der Waals surface area contributed by atoms with E-state index in [0.717, 1.165) is 0 Å². The van der Waals surface area contributed by atoms with Crippen molar-refractivity contribution >= 4 is 17.4 Å². The molecule has 0 saturated heterocycles. The molecule has 17 heavy (non-hydrogen) atoms. The Hall–Kier alpha value is -1.87. The lowest BCUT2D eigenvalue weighted by Gasteiger charge is -2.04. The number of aromatic nitrogens is 1. The van der Waals surface area contributed by atoms with E-state index < -0.39 is 0 Å². The average Bonchev–Trinajstić information content (AvgIpc) is 2.38. The summed E-state index contributed by atoms with van der Waals surface area (Å²) in [5.74, 6) is 0.546. The molecule has 0 radical (unpaired) electrons. The molecule has 2 aromatic rings. The van der Waals surface area contributed by atoms with Crippen LogP contribution in [0.4, 0.5) is 0 Å².